The van der Waals surface area contributed by atoms with Gasteiger partial charge in [0.15, 0.2) is 5.82 Å². The van der Waals surface area contributed by atoms with E-state index in [2.05, 4.69) is 10.1 Å². The topological polar surface area (TPSA) is 71.9 Å². The lowest BCUT2D eigenvalue weighted by atomic mass is 10.4. The lowest BCUT2D eigenvalue weighted by Crippen LogP contribution is -1.99. The van der Waals surface area contributed by atoms with Gasteiger partial charge in [-0.05, 0) is 6.92 Å². The standard InChI is InChI=1S/C9H13N3O2S/c1-2-13-5-3-8-11-9(14-12-8)7-15-6-4-10/h2-3,5-7H2,1H3. The summed E-state index contributed by atoms with van der Waals surface area (Å²) in [4.78, 5) is 4.17. The first-order valence-electron chi connectivity index (χ1n) is 4.70. The number of nitrogens with zero attached hydrogens (tertiary/aromatic N) is 3. The van der Waals surface area contributed by atoms with Gasteiger partial charge < -0.3 is 9.26 Å². The molecule has 0 bridgehead atoms. The molecule has 0 aliphatic rings. The fourth-order valence-corrected chi connectivity index (χ4v) is 1.43. The molecule has 0 aliphatic heterocycles. The third-order valence-electron chi connectivity index (χ3n) is 1.58. The maximum Gasteiger partial charge on any atom is 0.236 e. The van der Waals surface area contributed by atoms with Crippen LogP contribution in [-0.4, -0.2) is 29.1 Å². The Labute approximate surface area is 92.8 Å². The zero-order valence-electron chi connectivity index (χ0n) is 8.60. The molecule has 0 atom stereocenters. The van der Waals surface area contributed by atoms with Gasteiger partial charge in [-0.3, -0.25) is 0 Å². The van der Waals surface area contributed by atoms with Crippen molar-refractivity contribution in [2.45, 2.75) is 19.1 Å². The molecule has 0 saturated heterocycles. The highest BCUT2D eigenvalue weighted by atomic mass is 32.2. The Morgan fingerprint density at radius 2 is 2.47 bits per heavy atom. The highest BCUT2D eigenvalue weighted by molar-refractivity contribution is 7.98. The third-order valence-corrected chi connectivity index (χ3v) is 2.36. The average molecular weight is 227 g/mol. The second kappa shape index (κ2) is 7.26. The van der Waals surface area contributed by atoms with Gasteiger partial charge in [-0.25, -0.2) is 0 Å². The summed E-state index contributed by atoms with van der Waals surface area (Å²) in [5.74, 6) is 2.27. The molecule has 0 unspecified atom stereocenters. The van der Waals surface area contributed by atoms with Crippen LogP contribution in [0, 0.1) is 11.3 Å². The van der Waals surface area contributed by atoms with Crippen LogP contribution in [0.4, 0.5) is 0 Å². The zero-order valence-corrected chi connectivity index (χ0v) is 9.42. The number of hydrogen-bond acceptors (Lipinski definition) is 6. The highest BCUT2D eigenvalue weighted by Gasteiger charge is 2.05. The van der Waals surface area contributed by atoms with E-state index in [1.165, 1.54) is 11.8 Å². The molecule has 1 heterocycles. The Bertz CT molecular complexity index is 321. The van der Waals surface area contributed by atoms with Gasteiger partial charge in [0.2, 0.25) is 5.89 Å². The van der Waals surface area contributed by atoms with E-state index in [1.807, 2.05) is 13.0 Å². The van der Waals surface area contributed by atoms with Crippen molar-refractivity contribution in [3.8, 4) is 6.07 Å². The zero-order chi connectivity index (χ0) is 10.9. The summed E-state index contributed by atoms with van der Waals surface area (Å²) in [7, 11) is 0. The van der Waals surface area contributed by atoms with Gasteiger partial charge in [0.25, 0.3) is 0 Å². The van der Waals surface area contributed by atoms with Gasteiger partial charge in [0.05, 0.1) is 24.2 Å². The Morgan fingerprint density at radius 3 is 3.20 bits per heavy atom. The van der Waals surface area contributed by atoms with Gasteiger partial charge in [-0.2, -0.15) is 10.2 Å². The number of rotatable bonds is 7. The lowest BCUT2D eigenvalue weighted by Gasteiger charge is -1.94. The molecule has 0 aliphatic carbocycles. The van der Waals surface area contributed by atoms with Gasteiger partial charge in [0, 0.05) is 13.0 Å². The third kappa shape index (κ3) is 4.81. The Kier molecular flexibility index (Phi) is 5.81. The van der Waals surface area contributed by atoms with Crippen molar-refractivity contribution in [3.05, 3.63) is 11.7 Å². The minimum absolute atomic E-state index is 0.441. The SMILES string of the molecule is CCOCCc1noc(CSCC#N)n1. The van der Waals surface area contributed by atoms with E-state index in [4.69, 9.17) is 14.5 Å². The fraction of sp³-hybridized carbons (Fsp3) is 0.667. The molecule has 5 nitrogen and oxygen atoms in total. The molecular formula is C9H13N3O2S. The second-order valence-electron chi connectivity index (χ2n) is 2.70. The van der Waals surface area contributed by atoms with Crippen LogP contribution in [0.5, 0.6) is 0 Å². The first kappa shape index (κ1) is 12.0. The molecule has 0 aromatic carbocycles. The summed E-state index contributed by atoms with van der Waals surface area (Å²) in [6, 6.07) is 2.04. The molecule has 0 amide bonds. The first-order chi connectivity index (χ1) is 7.36. The molecule has 1 rings (SSSR count). The maximum absolute atomic E-state index is 8.34. The van der Waals surface area contributed by atoms with Gasteiger partial charge in [-0.1, -0.05) is 5.16 Å². The van der Waals surface area contributed by atoms with Gasteiger partial charge in [-0.15, -0.1) is 11.8 Å². The summed E-state index contributed by atoms with van der Waals surface area (Å²) in [5.41, 5.74) is 0. The highest BCUT2D eigenvalue weighted by Crippen LogP contribution is 2.09. The molecule has 82 valence electrons. The lowest BCUT2D eigenvalue weighted by molar-refractivity contribution is 0.149. The van der Waals surface area contributed by atoms with E-state index < -0.39 is 0 Å². The van der Waals surface area contributed by atoms with Gasteiger partial charge in [0.1, 0.15) is 0 Å². The smallest absolute Gasteiger partial charge is 0.236 e. The second-order valence-corrected chi connectivity index (χ2v) is 3.69. The molecule has 1 aromatic rings. The Hall–Kier alpha value is -1.06. The minimum Gasteiger partial charge on any atom is -0.381 e. The van der Waals surface area contributed by atoms with E-state index >= 15 is 0 Å². The van der Waals surface area contributed by atoms with Crippen molar-refractivity contribution in [1.82, 2.24) is 10.1 Å². The van der Waals surface area contributed by atoms with Crippen molar-refractivity contribution in [1.29, 1.82) is 5.26 Å². The quantitative estimate of drug-likeness (QED) is 0.656. The number of aromatic nitrogens is 2. The van der Waals surface area contributed by atoms with Crippen molar-refractivity contribution in [2.75, 3.05) is 19.0 Å². The molecule has 0 fully saturated rings. The van der Waals surface area contributed by atoms with Gasteiger partial charge >= 0.3 is 0 Å². The predicted octanol–water partition coefficient (Wildman–Crippen LogP) is 1.41. The Balaban J connectivity index is 2.26. The van der Waals surface area contributed by atoms with Crippen LogP contribution in [0.1, 0.15) is 18.6 Å². The normalized spacial score (nSPS) is 10.1. The van der Waals surface area contributed by atoms with E-state index in [1.54, 1.807) is 0 Å². The van der Waals surface area contributed by atoms with Crippen LogP contribution in [0.3, 0.4) is 0 Å². The number of nitriles is 1. The average Bonchev–Trinajstić information content (AvgIpc) is 2.67. The van der Waals surface area contributed by atoms with E-state index in [0.717, 1.165) is 0 Å². The fourth-order valence-electron chi connectivity index (χ4n) is 0.942. The van der Waals surface area contributed by atoms with E-state index in [-0.39, 0.29) is 0 Å². The maximum atomic E-state index is 8.34. The number of hydrogen-bond donors (Lipinski definition) is 0. The monoisotopic (exact) mass is 227 g/mol. The van der Waals surface area contributed by atoms with Crippen molar-refractivity contribution < 1.29 is 9.26 Å². The molecule has 15 heavy (non-hydrogen) atoms. The van der Waals surface area contributed by atoms with Crippen LogP contribution in [0.2, 0.25) is 0 Å². The molecule has 0 radical (unpaired) electrons. The van der Waals surface area contributed by atoms with Crippen LogP contribution >= 0.6 is 11.8 Å². The summed E-state index contributed by atoms with van der Waals surface area (Å²) in [6.07, 6.45) is 0.667. The van der Waals surface area contributed by atoms with Crippen LogP contribution in [0.25, 0.3) is 0 Å². The first-order valence-corrected chi connectivity index (χ1v) is 5.86. The van der Waals surface area contributed by atoms with E-state index in [9.17, 15) is 0 Å². The molecule has 0 spiro atoms. The van der Waals surface area contributed by atoms with Crippen molar-refractivity contribution >= 4 is 11.8 Å². The largest absolute Gasteiger partial charge is 0.381 e. The van der Waals surface area contributed by atoms with Crippen molar-refractivity contribution in [3.63, 3.8) is 0 Å². The minimum atomic E-state index is 0.441. The van der Waals surface area contributed by atoms with Crippen molar-refractivity contribution in [2.24, 2.45) is 0 Å². The molecular weight excluding hydrogens is 214 g/mol. The molecule has 6 heteroatoms. The summed E-state index contributed by atoms with van der Waals surface area (Å²) in [5, 5.41) is 12.1. The van der Waals surface area contributed by atoms with Crippen LogP contribution < -0.4 is 0 Å². The summed E-state index contributed by atoms with van der Waals surface area (Å²) in [6.45, 7) is 3.25. The number of ether oxygens (including phenoxy) is 1. The molecule has 1 aromatic heterocycles. The predicted molar refractivity (Wildman–Crippen MR) is 56.3 cm³/mol. The Morgan fingerprint density at radius 1 is 1.60 bits per heavy atom. The summed E-state index contributed by atoms with van der Waals surface area (Å²) < 4.78 is 10.2. The number of thioether (sulfide) groups is 1. The van der Waals surface area contributed by atoms with Crippen LogP contribution in [-0.2, 0) is 16.9 Å². The molecule has 0 saturated carbocycles. The molecule has 0 N–H and O–H groups in total. The summed E-state index contributed by atoms with van der Waals surface area (Å²) >= 11 is 1.46. The van der Waals surface area contributed by atoms with Crippen LogP contribution in [0.15, 0.2) is 4.52 Å². The van der Waals surface area contributed by atoms with E-state index in [0.29, 0.717) is 42.9 Å².